The van der Waals surface area contributed by atoms with Crippen LogP contribution in [-0.4, -0.2) is 43.6 Å². The van der Waals surface area contributed by atoms with Crippen molar-refractivity contribution in [2.45, 2.75) is 26.7 Å². The largest absolute Gasteiger partial charge is 0.497 e. The van der Waals surface area contributed by atoms with Crippen molar-refractivity contribution in [1.82, 2.24) is 4.90 Å². The van der Waals surface area contributed by atoms with Gasteiger partial charge in [-0.05, 0) is 50.1 Å². The summed E-state index contributed by atoms with van der Waals surface area (Å²) in [5.74, 6) is 0.435. The summed E-state index contributed by atoms with van der Waals surface area (Å²) in [5, 5.41) is 0. The van der Waals surface area contributed by atoms with E-state index in [9.17, 15) is 9.59 Å². The molecule has 5 nitrogen and oxygen atoms in total. The molecule has 0 saturated heterocycles. The molecule has 0 aromatic heterocycles. The molecule has 0 bridgehead atoms. The Bertz CT molecular complexity index is 738. The van der Waals surface area contributed by atoms with Crippen LogP contribution in [0.2, 0.25) is 0 Å². The zero-order valence-electron chi connectivity index (χ0n) is 16.2. The molecule has 0 spiro atoms. The number of ether oxygens (including phenoxy) is 2. The highest BCUT2D eigenvalue weighted by Gasteiger charge is 2.17. The normalized spacial score (nSPS) is 10.3. The van der Waals surface area contributed by atoms with Crippen LogP contribution >= 0.6 is 0 Å². The lowest BCUT2D eigenvalue weighted by atomic mass is 10.1. The smallest absolute Gasteiger partial charge is 0.307 e. The second-order valence-electron chi connectivity index (χ2n) is 6.31. The maximum atomic E-state index is 12.9. The Morgan fingerprint density at radius 1 is 0.963 bits per heavy atom. The molecule has 0 aliphatic carbocycles. The number of hydrogen-bond acceptors (Lipinski definition) is 4. The summed E-state index contributed by atoms with van der Waals surface area (Å²) < 4.78 is 10.2. The Hall–Kier alpha value is -2.82. The van der Waals surface area contributed by atoms with E-state index in [0.717, 1.165) is 16.9 Å². The van der Waals surface area contributed by atoms with Gasteiger partial charge in [-0.1, -0.05) is 29.8 Å². The van der Waals surface area contributed by atoms with Gasteiger partial charge in [0.2, 0.25) is 0 Å². The van der Waals surface area contributed by atoms with Crippen molar-refractivity contribution in [3.63, 3.8) is 0 Å². The number of esters is 1. The molecule has 0 saturated carbocycles. The lowest BCUT2D eigenvalue weighted by Gasteiger charge is -2.23. The predicted molar refractivity (Wildman–Crippen MR) is 105 cm³/mol. The van der Waals surface area contributed by atoms with Gasteiger partial charge in [-0.3, -0.25) is 9.59 Å². The fourth-order valence-electron chi connectivity index (χ4n) is 2.71. The van der Waals surface area contributed by atoms with Gasteiger partial charge in [-0.25, -0.2) is 0 Å². The number of nitrogens with zero attached hydrogens (tertiary/aromatic N) is 1. The van der Waals surface area contributed by atoms with Crippen molar-refractivity contribution in [3.05, 3.63) is 65.2 Å². The summed E-state index contributed by atoms with van der Waals surface area (Å²) in [5.41, 5.74) is 2.83. The van der Waals surface area contributed by atoms with Gasteiger partial charge in [-0.2, -0.15) is 0 Å². The summed E-state index contributed by atoms with van der Waals surface area (Å²) >= 11 is 0. The molecule has 0 unspecified atom stereocenters. The summed E-state index contributed by atoms with van der Waals surface area (Å²) in [4.78, 5) is 26.3. The minimum absolute atomic E-state index is 0.0761. The van der Waals surface area contributed by atoms with Gasteiger partial charge in [0.1, 0.15) is 5.75 Å². The minimum atomic E-state index is -0.288. The molecule has 0 aliphatic heterocycles. The van der Waals surface area contributed by atoms with Crippen LogP contribution in [0, 0.1) is 6.92 Å². The Labute approximate surface area is 160 Å². The molecule has 1 amide bonds. The van der Waals surface area contributed by atoms with Gasteiger partial charge < -0.3 is 14.4 Å². The Balaban J connectivity index is 2.06. The van der Waals surface area contributed by atoms with Crippen LogP contribution in [0.1, 0.15) is 34.8 Å². The van der Waals surface area contributed by atoms with Gasteiger partial charge >= 0.3 is 5.97 Å². The number of aryl methyl sites for hydroxylation is 1. The second kappa shape index (κ2) is 10.4. The van der Waals surface area contributed by atoms with Crippen LogP contribution in [0.5, 0.6) is 5.75 Å². The average Bonchev–Trinajstić information content (AvgIpc) is 2.69. The van der Waals surface area contributed by atoms with Crippen LogP contribution in [-0.2, 0) is 16.0 Å². The SMILES string of the molecule is CCOC(=O)CCN(CCc1ccc(OC)cc1)C(=O)c1ccc(C)cc1. The standard InChI is InChI=1S/C22H27NO4/c1-4-27-21(24)14-16-23(22(25)19-9-5-17(2)6-10-19)15-13-18-7-11-20(26-3)12-8-18/h5-12H,4,13-16H2,1-3H3. The quantitative estimate of drug-likeness (QED) is 0.633. The van der Waals surface area contributed by atoms with E-state index in [4.69, 9.17) is 9.47 Å². The number of benzene rings is 2. The molecule has 0 atom stereocenters. The van der Waals surface area contributed by atoms with Crippen molar-refractivity contribution in [2.75, 3.05) is 26.8 Å². The van der Waals surface area contributed by atoms with Crippen LogP contribution in [0.4, 0.5) is 0 Å². The molecule has 27 heavy (non-hydrogen) atoms. The predicted octanol–water partition coefficient (Wildman–Crippen LogP) is 3.64. The molecule has 0 N–H and O–H groups in total. The maximum absolute atomic E-state index is 12.9. The van der Waals surface area contributed by atoms with Gasteiger partial charge in [0.05, 0.1) is 20.1 Å². The van der Waals surface area contributed by atoms with Crippen molar-refractivity contribution in [2.24, 2.45) is 0 Å². The highest BCUT2D eigenvalue weighted by molar-refractivity contribution is 5.94. The molecule has 0 aliphatic rings. The van der Waals surface area contributed by atoms with Gasteiger partial charge in [0.15, 0.2) is 0 Å². The number of rotatable bonds is 9. The zero-order chi connectivity index (χ0) is 19.6. The number of methoxy groups -OCH3 is 1. The van der Waals surface area contributed by atoms with Gasteiger partial charge in [0.25, 0.3) is 5.91 Å². The molecule has 0 heterocycles. The number of carbonyl (C=O) groups is 2. The number of carbonyl (C=O) groups excluding carboxylic acids is 2. The van der Waals surface area contributed by atoms with Gasteiger partial charge in [0, 0.05) is 18.7 Å². The van der Waals surface area contributed by atoms with E-state index in [1.807, 2.05) is 55.5 Å². The van der Waals surface area contributed by atoms with E-state index in [-0.39, 0.29) is 18.3 Å². The molecule has 5 heteroatoms. The van der Waals surface area contributed by atoms with E-state index in [2.05, 4.69) is 0 Å². The molecular formula is C22H27NO4. The lowest BCUT2D eigenvalue weighted by molar-refractivity contribution is -0.143. The van der Waals surface area contributed by atoms with Crippen LogP contribution in [0.3, 0.4) is 0 Å². The van der Waals surface area contributed by atoms with Crippen LogP contribution in [0.15, 0.2) is 48.5 Å². The third kappa shape index (κ3) is 6.44. The van der Waals surface area contributed by atoms with Crippen molar-refractivity contribution in [1.29, 1.82) is 0 Å². The first-order valence-corrected chi connectivity index (χ1v) is 9.18. The molecule has 0 radical (unpaired) electrons. The monoisotopic (exact) mass is 369 g/mol. The number of amides is 1. The van der Waals surface area contributed by atoms with Crippen molar-refractivity contribution < 1.29 is 19.1 Å². The van der Waals surface area contributed by atoms with E-state index in [0.29, 0.717) is 31.7 Å². The summed E-state index contributed by atoms with van der Waals surface area (Å²) in [6, 6.07) is 15.3. The summed E-state index contributed by atoms with van der Waals surface area (Å²) in [7, 11) is 1.63. The first-order chi connectivity index (χ1) is 13.0. The average molecular weight is 369 g/mol. The third-order valence-electron chi connectivity index (χ3n) is 4.31. The molecule has 0 fully saturated rings. The Morgan fingerprint density at radius 3 is 2.22 bits per heavy atom. The first kappa shape index (κ1) is 20.5. The summed E-state index contributed by atoms with van der Waals surface area (Å²) in [6.07, 6.45) is 0.887. The highest BCUT2D eigenvalue weighted by Crippen LogP contribution is 2.13. The third-order valence-corrected chi connectivity index (χ3v) is 4.31. The fourth-order valence-corrected chi connectivity index (χ4v) is 2.71. The Kier molecular flexibility index (Phi) is 7.86. The lowest BCUT2D eigenvalue weighted by Crippen LogP contribution is -2.35. The van der Waals surface area contributed by atoms with E-state index < -0.39 is 0 Å². The van der Waals surface area contributed by atoms with Crippen molar-refractivity contribution in [3.8, 4) is 5.75 Å². The van der Waals surface area contributed by atoms with Crippen LogP contribution < -0.4 is 4.74 Å². The summed E-state index contributed by atoms with van der Waals surface area (Å²) in [6.45, 7) is 4.96. The van der Waals surface area contributed by atoms with E-state index in [1.54, 1.807) is 18.9 Å². The van der Waals surface area contributed by atoms with E-state index in [1.165, 1.54) is 0 Å². The molecule has 2 aromatic rings. The number of hydrogen-bond donors (Lipinski definition) is 0. The topological polar surface area (TPSA) is 55.8 Å². The zero-order valence-corrected chi connectivity index (χ0v) is 16.2. The first-order valence-electron chi connectivity index (χ1n) is 9.18. The highest BCUT2D eigenvalue weighted by atomic mass is 16.5. The molecular weight excluding hydrogens is 342 g/mol. The molecule has 144 valence electrons. The minimum Gasteiger partial charge on any atom is -0.497 e. The second-order valence-corrected chi connectivity index (χ2v) is 6.31. The van der Waals surface area contributed by atoms with Crippen LogP contribution in [0.25, 0.3) is 0 Å². The van der Waals surface area contributed by atoms with Gasteiger partial charge in [-0.15, -0.1) is 0 Å². The Morgan fingerprint density at radius 2 is 1.63 bits per heavy atom. The van der Waals surface area contributed by atoms with E-state index >= 15 is 0 Å². The molecule has 2 rings (SSSR count). The molecule has 2 aromatic carbocycles. The fraction of sp³-hybridized carbons (Fsp3) is 0.364. The van der Waals surface area contributed by atoms with Crippen molar-refractivity contribution >= 4 is 11.9 Å². The maximum Gasteiger partial charge on any atom is 0.307 e.